The summed E-state index contributed by atoms with van der Waals surface area (Å²) in [5.74, 6) is 0.137. The van der Waals surface area contributed by atoms with E-state index in [-0.39, 0.29) is 11.4 Å². The molecule has 2 N–H and O–H groups in total. The van der Waals surface area contributed by atoms with Crippen LogP contribution in [0.25, 0.3) is 0 Å². The molecule has 0 bridgehead atoms. The summed E-state index contributed by atoms with van der Waals surface area (Å²) in [5, 5.41) is 6.37. The van der Waals surface area contributed by atoms with Crippen molar-refractivity contribution in [2.24, 2.45) is 0 Å². The van der Waals surface area contributed by atoms with Crippen LogP contribution in [0.1, 0.15) is 31.1 Å². The van der Waals surface area contributed by atoms with Crippen LogP contribution in [0.4, 0.5) is 0 Å². The molecule has 0 spiro atoms. The number of hydrogen-bond donors (Lipinski definition) is 2. The third-order valence-corrected chi connectivity index (χ3v) is 5.09. The molecule has 1 aliphatic heterocycles. The number of hydrogen-bond acceptors (Lipinski definition) is 3. The maximum Gasteiger partial charge on any atom is 0.240 e. The van der Waals surface area contributed by atoms with Gasteiger partial charge in [-0.15, -0.1) is 11.3 Å². The van der Waals surface area contributed by atoms with Crippen molar-refractivity contribution in [3.8, 4) is 0 Å². The highest BCUT2D eigenvalue weighted by atomic mass is 79.9. The summed E-state index contributed by atoms with van der Waals surface area (Å²) in [6.45, 7) is 3.66. The molecule has 100 valence electrons. The zero-order valence-electron chi connectivity index (χ0n) is 10.6. The smallest absolute Gasteiger partial charge is 0.240 e. The SMILES string of the molecule is CC1(C(=O)NCCc2ccc(Br)s2)CCCCN1. The summed E-state index contributed by atoms with van der Waals surface area (Å²) in [5.41, 5.74) is -0.367. The van der Waals surface area contributed by atoms with Gasteiger partial charge in [-0.1, -0.05) is 0 Å². The van der Waals surface area contributed by atoms with Crippen LogP contribution in [0.15, 0.2) is 15.9 Å². The van der Waals surface area contributed by atoms with E-state index >= 15 is 0 Å². The number of carbonyl (C=O) groups is 1. The van der Waals surface area contributed by atoms with Crippen molar-refractivity contribution in [2.45, 2.75) is 38.1 Å². The Balaban J connectivity index is 1.77. The molecule has 1 atom stereocenters. The lowest BCUT2D eigenvalue weighted by Crippen LogP contribution is -2.57. The van der Waals surface area contributed by atoms with Gasteiger partial charge in [0, 0.05) is 11.4 Å². The van der Waals surface area contributed by atoms with E-state index in [4.69, 9.17) is 0 Å². The number of halogens is 1. The lowest BCUT2D eigenvalue weighted by Gasteiger charge is -2.33. The number of rotatable bonds is 4. The summed E-state index contributed by atoms with van der Waals surface area (Å²) in [7, 11) is 0. The number of piperidine rings is 1. The average molecular weight is 331 g/mol. The molecule has 18 heavy (non-hydrogen) atoms. The van der Waals surface area contributed by atoms with Crippen LogP contribution in [-0.2, 0) is 11.2 Å². The van der Waals surface area contributed by atoms with Gasteiger partial charge in [0.25, 0.3) is 0 Å². The molecule has 0 radical (unpaired) electrons. The highest BCUT2D eigenvalue weighted by Crippen LogP contribution is 2.22. The fourth-order valence-electron chi connectivity index (χ4n) is 2.23. The molecular formula is C13H19BrN2OS. The molecule has 1 amide bonds. The van der Waals surface area contributed by atoms with Gasteiger partial charge in [0.1, 0.15) is 0 Å². The van der Waals surface area contributed by atoms with E-state index in [2.05, 4.69) is 32.6 Å². The summed E-state index contributed by atoms with van der Waals surface area (Å²) in [6.07, 6.45) is 4.14. The van der Waals surface area contributed by atoms with E-state index < -0.39 is 0 Å². The predicted octanol–water partition coefficient (Wildman–Crippen LogP) is 2.70. The Kier molecular flexibility index (Phi) is 4.81. The van der Waals surface area contributed by atoms with Gasteiger partial charge < -0.3 is 10.6 Å². The van der Waals surface area contributed by atoms with Crippen LogP contribution in [0.5, 0.6) is 0 Å². The van der Waals surface area contributed by atoms with E-state index in [0.29, 0.717) is 6.54 Å². The van der Waals surface area contributed by atoms with E-state index in [9.17, 15) is 4.79 Å². The molecule has 0 aromatic carbocycles. The van der Waals surface area contributed by atoms with Gasteiger partial charge in [-0.25, -0.2) is 0 Å². The zero-order valence-corrected chi connectivity index (χ0v) is 13.0. The monoisotopic (exact) mass is 330 g/mol. The molecule has 0 aliphatic carbocycles. The van der Waals surface area contributed by atoms with Gasteiger partial charge in [0.15, 0.2) is 0 Å². The second kappa shape index (κ2) is 6.17. The van der Waals surface area contributed by atoms with Crippen LogP contribution in [-0.4, -0.2) is 24.5 Å². The van der Waals surface area contributed by atoms with Crippen LogP contribution >= 0.6 is 27.3 Å². The second-order valence-corrected chi connectivity index (χ2v) is 7.48. The van der Waals surface area contributed by atoms with E-state index in [1.165, 1.54) is 11.3 Å². The topological polar surface area (TPSA) is 41.1 Å². The first-order chi connectivity index (χ1) is 8.60. The van der Waals surface area contributed by atoms with Crippen LogP contribution < -0.4 is 10.6 Å². The summed E-state index contributed by atoms with van der Waals surface area (Å²) in [6, 6.07) is 4.15. The highest BCUT2D eigenvalue weighted by molar-refractivity contribution is 9.11. The molecule has 1 unspecified atom stereocenters. The van der Waals surface area contributed by atoms with Gasteiger partial charge in [0.2, 0.25) is 5.91 Å². The van der Waals surface area contributed by atoms with Crippen molar-refractivity contribution >= 4 is 33.2 Å². The van der Waals surface area contributed by atoms with Crippen molar-refractivity contribution in [3.63, 3.8) is 0 Å². The first-order valence-electron chi connectivity index (χ1n) is 6.38. The molecule has 2 heterocycles. The summed E-state index contributed by atoms with van der Waals surface area (Å²) < 4.78 is 1.14. The third kappa shape index (κ3) is 3.56. The third-order valence-electron chi connectivity index (χ3n) is 3.41. The normalized spacial score (nSPS) is 23.9. The van der Waals surface area contributed by atoms with Crippen molar-refractivity contribution in [3.05, 3.63) is 20.8 Å². The number of amides is 1. The number of carbonyl (C=O) groups excluding carboxylic acids is 1. The summed E-state index contributed by atoms with van der Waals surface area (Å²) >= 11 is 5.17. The minimum absolute atomic E-state index is 0.137. The second-order valence-electron chi connectivity index (χ2n) is 4.93. The minimum atomic E-state index is -0.367. The predicted molar refractivity (Wildman–Crippen MR) is 79.0 cm³/mol. The van der Waals surface area contributed by atoms with Crippen LogP contribution in [0.2, 0.25) is 0 Å². The lowest BCUT2D eigenvalue weighted by atomic mass is 9.90. The molecule has 1 aliphatic rings. The number of nitrogens with one attached hydrogen (secondary N) is 2. The lowest BCUT2D eigenvalue weighted by molar-refractivity contribution is -0.127. The molecule has 1 aromatic heterocycles. The first-order valence-corrected chi connectivity index (χ1v) is 7.99. The number of thiophene rings is 1. The Morgan fingerprint density at radius 2 is 2.39 bits per heavy atom. The average Bonchev–Trinajstić information content (AvgIpc) is 2.76. The molecule has 0 saturated carbocycles. The van der Waals surface area contributed by atoms with Crippen molar-refractivity contribution in [1.29, 1.82) is 0 Å². The van der Waals surface area contributed by atoms with Gasteiger partial charge in [-0.05, 0) is 67.2 Å². The van der Waals surface area contributed by atoms with Crippen molar-refractivity contribution in [2.75, 3.05) is 13.1 Å². The van der Waals surface area contributed by atoms with Crippen LogP contribution in [0.3, 0.4) is 0 Å². The Bertz CT molecular complexity index is 413. The van der Waals surface area contributed by atoms with Crippen molar-refractivity contribution in [1.82, 2.24) is 10.6 Å². The van der Waals surface area contributed by atoms with E-state index in [0.717, 1.165) is 29.6 Å². The maximum atomic E-state index is 12.1. The van der Waals surface area contributed by atoms with Gasteiger partial charge >= 0.3 is 0 Å². The minimum Gasteiger partial charge on any atom is -0.354 e. The fraction of sp³-hybridized carbons (Fsp3) is 0.615. The Morgan fingerprint density at radius 3 is 3.00 bits per heavy atom. The molecular weight excluding hydrogens is 312 g/mol. The summed E-state index contributed by atoms with van der Waals surface area (Å²) in [4.78, 5) is 13.4. The van der Waals surface area contributed by atoms with Gasteiger partial charge in [-0.3, -0.25) is 4.79 Å². The zero-order chi connectivity index (χ0) is 13.0. The quantitative estimate of drug-likeness (QED) is 0.891. The molecule has 1 aromatic rings. The Labute approximate surface area is 120 Å². The molecule has 5 heteroatoms. The molecule has 3 nitrogen and oxygen atoms in total. The largest absolute Gasteiger partial charge is 0.354 e. The van der Waals surface area contributed by atoms with E-state index in [1.807, 2.05) is 13.0 Å². The van der Waals surface area contributed by atoms with E-state index in [1.54, 1.807) is 11.3 Å². The highest BCUT2D eigenvalue weighted by Gasteiger charge is 2.33. The fourth-order valence-corrected chi connectivity index (χ4v) is 3.71. The Hall–Kier alpha value is -0.390. The van der Waals surface area contributed by atoms with Crippen molar-refractivity contribution < 1.29 is 4.79 Å². The Morgan fingerprint density at radius 1 is 1.56 bits per heavy atom. The molecule has 2 rings (SSSR count). The maximum absolute atomic E-state index is 12.1. The first kappa shape index (κ1) is 14.0. The standard InChI is InChI=1S/C13H19BrN2OS/c1-13(7-2-3-8-16-13)12(17)15-9-6-10-4-5-11(14)18-10/h4-5,16H,2-3,6-9H2,1H3,(H,15,17). The van der Waals surface area contributed by atoms with Crippen LogP contribution in [0, 0.1) is 0 Å². The molecule has 1 fully saturated rings. The van der Waals surface area contributed by atoms with Gasteiger partial charge in [-0.2, -0.15) is 0 Å². The molecule has 1 saturated heterocycles. The van der Waals surface area contributed by atoms with Gasteiger partial charge in [0.05, 0.1) is 9.33 Å².